The molecule has 1 aromatic carbocycles. The van der Waals surface area contributed by atoms with E-state index in [-0.39, 0.29) is 0 Å². The highest BCUT2D eigenvalue weighted by Gasteiger charge is 2.59. The average molecular weight is 306 g/mol. The Bertz CT molecular complexity index is 519. The number of fused-ring (bicyclic) bond motifs is 2. The third-order valence-electron chi connectivity index (χ3n) is 6.15. The zero-order valence-electron chi connectivity index (χ0n) is 13.7. The Balaban J connectivity index is 1.69. The zero-order chi connectivity index (χ0) is 15.3. The van der Waals surface area contributed by atoms with Crippen LogP contribution < -0.4 is 5.32 Å². The van der Waals surface area contributed by atoms with Crippen LogP contribution in [0.25, 0.3) is 0 Å². The minimum absolute atomic E-state index is 0.426. The van der Waals surface area contributed by atoms with Gasteiger partial charge in [0.1, 0.15) is 0 Å². The van der Waals surface area contributed by atoms with Crippen molar-refractivity contribution in [3.8, 4) is 0 Å². The molecule has 0 saturated heterocycles. The van der Waals surface area contributed by atoms with Gasteiger partial charge >= 0.3 is 0 Å². The SMILES string of the molecule is CC(Cc1cccc(Cl)c1)NC1C2(C)CCC(C2)C1(C)C. The van der Waals surface area contributed by atoms with E-state index >= 15 is 0 Å². The Labute approximate surface area is 134 Å². The second-order valence-corrected chi connectivity index (χ2v) is 8.69. The Morgan fingerprint density at radius 2 is 2.10 bits per heavy atom. The first-order valence-corrected chi connectivity index (χ1v) is 8.69. The zero-order valence-corrected chi connectivity index (χ0v) is 14.5. The van der Waals surface area contributed by atoms with Gasteiger partial charge in [-0.15, -0.1) is 0 Å². The molecule has 2 heteroatoms. The Morgan fingerprint density at radius 3 is 2.71 bits per heavy atom. The van der Waals surface area contributed by atoms with Crippen LogP contribution in [0.15, 0.2) is 24.3 Å². The molecule has 2 saturated carbocycles. The lowest BCUT2D eigenvalue weighted by molar-refractivity contribution is 0.100. The molecule has 4 unspecified atom stereocenters. The van der Waals surface area contributed by atoms with Crippen molar-refractivity contribution in [2.75, 3.05) is 0 Å². The molecule has 2 aliphatic rings. The highest BCUT2D eigenvalue weighted by atomic mass is 35.5. The number of halogens is 1. The van der Waals surface area contributed by atoms with Crippen molar-refractivity contribution in [1.29, 1.82) is 0 Å². The molecule has 1 N–H and O–H groups in total. The molecule has 0 amide bonds. The number of hydrogen-bond donors (Lipinski definition) is 1. The van der Waals surface area contributed by atoms with Crippen LogP contribution in [0.2, 0.25) is 5.02 Å². The van der Waals surface area contributed by atoms with Crippen LogP contribution >= 0.6 is 11.6 Å². The van der Waals surface area contributed by atoms with Gasteiger partial charge in [0, 0.05) is 17.1 Å². The van der Waals surface area contributed by atoms with E-state index < -0.39 is 0 Å². The lowest BCUT2D eigenvalue weighted by Gasteiger charge is -2.44. The molecular formula is C19H28ClN. The van der Waals surface area contributed by atoms with Crippen molar-refractivity contribution in [2.24, 2.45) is 16.7 Å². The Hall–Kier alpha value is -0.530. The van der Waals surface area contributed by atoms with E-state index in [0.717, 1.165) is 17.4 Å². The molecule has 0 aliphatic heterocycles. The van der Waals surface area contributed by atoms with Crippen molar-refractivity contribution >= 4 is 11.6 Å². The van der Waals surface area contributed by atoms with Crippen LogP contribution in [0.3, 0.4) is 0 Å². The molecule has 0 aromatic heterocycles. The quantitative estimate of drug-likeness (QED) is 0.818. The molecule has 0 spiro atoms. The number of rotatable bonds is 4. The number of hydrogen-bond acceptors (Lipinski definition) is 1. The summed E-state index contributed by atoms with van der Waals surface area (Å²) in [5.41, 5.74) is 2.25. The second kappa shape index (κ2) is 5.28. The predicted molar refractivity (Wildman–Crippen MR) is 90.8 cm³/mol. The van der Waals surface area contributed by atoms with Crippen molar-refractivity contribution in [1.82, 2.24) is 5.32 Å². The topological polar surface area (TPSA) is 12.0 Å². The first-order valence-electron chi connectivity index (χ1n) is 8.32. The molecule has 21 heavy (non-hydrogen) atoms. The molecule has 4 atom stereocenters. The predicted octanol–water partition coefficient (Wildman–Crippen LogP) is 5.08. The first kappa shape index (κ1) is 15.4. The fourth-order valence-electron chi connectivity index (χ4n) is 5.08. The standard InChI is InChI=1S/C19H28ClN/c1-13(10-14-6-5-7-16(20)11-14)21-17-18(2,3)15-8-9-19(17,4)12-15/h5-7,11,13,15,17,21H,8-10,12H2,1-4H3. The maximum Gasteiger partial charge on any atom is 0.0408 e. The lowest BCUT2D eigenvalue weighted by atomic mass is 9.68. The van der Waals surface area contributed by atoms with E-state index in [1.807, 2.05) is 12.1 Å². The summed E-state index contributed by atoms with van der Waals surface area (Å²) in [6, 6.07) is 9.39. The molecule has 0 radical (unpaired) electrons. The van der Waals surface area contributed by atoms with E-state index in [1.165, 1.54) is 24.8 Å². The van der Waals surface area contributed by atoms with Crippen molar-refractivity contribution in [2.45, 2.75) is 65.5 Å². The molecule has 2 bridgehead atoms. The largest absolute Gasteiger partial charge is 0.310 e. The molecule has 2 fully saturated rings. The fourth-order valence-corrected chi connectivity index (χ4v) is 5.29. The van der Waals surface area contributed by atoms with Gasteiger partial charge in [-0.2, -0.15) is 0 Å². The molecule has 3 rings (SSSR count). The van der Waals surface area contributed by atoms with Gasteiger partial charge in [-0.1, -0.05) is 44.5 Å². The van der Waals surface area contributed by atoms with E-state index in [0.29, 0.717) is 22.9 Å². The van der Waals surface area contributed by atoms with E-state index in [4.69, 9.17) is 11.6 Å². The highest BCUT2D eigenvalue weighted by molar-refractivity contribution is 6.30. The van der Waals surface area contributed by atoms with Gasteiger partial charge in [-0.3, -0.25) is 0 Å². The summed E-state index contributed by atoms with van der Waals surface area (Å²) in [6.45, 7) is 9.73. The summed E-state index contributed by atoms with van der Waals surface area (Å²) in [7, 11) is 0. The average Bonchev–Trinajstić information content (AvgIpc) is 2.86. The Kier molecular flexibility index (Phi) is 3.86. The van der Waals surface area contributed by atoms with Gasteiger partial charge in [0.25, 0.3) is 0 Å². The van der Waals surface area contributed by atoms with Gasteiger partial charge < -0.3 is 5.32 Å². The monoisotopic (exact) mass is 305 g/mol. The molecule has 1 aromatic rings. The Morgan fingerprint density at radius 1 is 1.33 bits per heavy atom. The summed E-state index contributed by atoms with van der Waals surface area (Å²) < 4.78 is 0. The smallest absolute Gasteiger partial charge is 0.0408 e. The fraction of sp³-hybridized carbons (Fsp3) is 0.684. The molecule has 116 valence electrons. The van der Waals surface area contributed by atoms with Gasteiger partial charge in [-0.05, 0) is 67.1 Å². The van der Waals surface area contributed by atoms with Crippen LogP contribution in [0.1, 0.15) is 52.5 Å². The van der Waals surface area contributed by atoms with E-state index in [9.17, 15) is 0 Å². The lowest BCUT2D eigenvalue weighted by Crippen LogP contribution is -2.53. The van der Waals surface area contributed by atoms with E-state index in [2.05, 4.69) is 45.1 Å². The normalized spacial score (nSPS) is 35.1. The molecule has 1 nitrogen and oxygen atoms in total. The minimum atomic E-state index is 0.426. The van der Waals surface area contributed by atoms with Crippen LogP contribution in [0.4, 0.5) is 0 Å². The third kappa shape index (κ3) is 2.75. The van der Waals surface area contributed by atoms with E-state index in [1.54, 1.807) is 0 Å². The van der Waals surface area contributed by atoms with Gasteiger partial charge in [0.2, 0.25) is 0 Å². The summed E-state index contributed by atoms with van der Waals surface area (Å²) >= 11 is 6.10. The van der Waals surface area contributed by atoms with Crippen molar-refractivity contribution < 1.29 is 0 Å². The highest BCUT2D eigenvalue weighted by Crippen LogP contribution is 2.62. The summed E-state index contributed by atoms with van der Waals surface area (Å²) in [5.74, 6) is 0.901. The first-order chi connectivity index (χ1) is 9.81. The van der Waals surface area contributed by atoms with Crippen LogP contribution in [0, 0.1) is 16.7 Å². The maximum atomic E-state index is 6.10. The molecule has 2 aliphatic carbocycles. The summed E-state index contributed by atoms with van der Waals surface area (Å²) in [5, 5.41) is 4.81. The number of benzene rings is 1. The van der Waals surface area contributed by atoms with Crippen LogP contribution in [-0.2, 0) is 6.42 Å². The van der Waals surface area contributed by atoms with Crippen LogP contribution in [-0.4, -0.2) is 12.1 Å². The van der Waals surface area contributed by atoms with Crippen molar-refractivity contribution in [3.63, 3.8) is 0 Å². The summed E-state index contributed by atoms with van der Waals surface area (Å²) in [6.07, 6.45) is 5.27. The second-order valence-electron chi connectivity index (χ2n) is 8.25. The minimum Gasteiger partial charge on any atom is -0.310 e. The van der Waals surface area contributed by atoms with Crippen LogP contribution in [0.5, 0.6) is 0 Å². The summed E-state index contributed by atoms with van der Waals surface area (Å²) in [4.78, 5) is 0. The molecule has 0 heterocycles. The number of nitrogens with one attached hydrogen (secondary N) is 1. The molecular weight excluding hydrogens is 278 g/mol. The van der Waals surface area contributed by atoms with Gasteiger partial charge in [0.15, 0.2) is 0 Å². The van der Waals surface area contributed by atoms with Gasteiger partial charge in [0.05, 0.1) is 0 Å². The van der Waals surface area contributed by atoms with Crippen molar-refractivity contribution in [3.05, 3.63) is 34.9 Å². The third-order valence-corrected chi connectivity index (χ3v) is 6.39. The maximum absolute atomic E-state index is 6.10. The van der Waals surface area contributed by atoms with Gasteiger partial charge in [-0.25, -0.2) is 0 Å².